The topological polar surface area (TPSA) is 43.3 Å². The van der Waals surface area contributed by atoms with Gasteiger partial charge in [-0.25, -0.2) is 4.98 Å². The summed E-state index contributed by atoms with van der Waals surface area (Å²) < 4.78 is 2.90. The number of hydrogen-bond donors (Lipinski definition) is 1. The summed E-state index contributed by atoms with van der Waals surface area (Å²) in [5.41, 5.74) is 6.39. The smallest absolute Gasteiger partial charge is 0.156 e. The molecule has 5 heteroatoms. The normalized spacial score (nSPS) is 11.1. The lowest BCUT2D eigenvalue weighted by Gasteiger charge is -1.99. The molecule has 2 rings (SSSR count). The maximum atomic E-state index is 6.02. The van der Waals surface area contributed by atoms with E-state index < -0.39 is 0 Å². The molecule has 14 heavy (non-hydrogen) atoms. The van der Waals surface area contributed by atoms with Crippen molar-refractivity contribution in [3.8, 4) is 0 Å². The van der Waals surface area contributed by atoms with Crippen LogP contribution in [0.3, 0.4) is 0 Å². The van der Waals surface area contributed by atoms with E-state index in [0.717, 1.165) is 22.2 Å². The minimum Gasteiger partial charge on any atom is -0.330 e. The lowest BCUT2D eigenvalue weighted by Crippen LogP contribution is -2.06. The van der Waals surface area contributed by atoms with E-state index >= 15 is 0 Å². The fourth-order valence-corrected chi connectivity index (χ4v) is 2.36. The molecule has 0 unspecified atom stereocenters. The Labute approximate surface area is 95.0 Å². The van der Waals surface area contributed by atoms with Crippen LogP contribution in [0, 0.1) is 0 Å². The molecule has 0 aliphatic heterocycles. The minimum absolute atomic E-state index is 0.515. The van der Waals surface area contributed by atoms with Crippen molar-refractivity contribution in [2.45, 2.75) is 6.42 Å². The number of imidazole rings is 1. The van der Waals surface area contributed by atoms with Crippen LogP contribution < -0.4 is 5.73 Å². The molecule has 0 bridgehead atoms. The Kier molecular flexibility index (Phi) is 2.76. The zero-order chi connectivity index (χ0) is 10.1. The van der Waals surface area contributed by atoms with E-state index in [0.29, 0.717) is 11.7 Å². The summed E-state index contributed by atoms with van der Waals surface area (Å²) in [4.78, 5) is 4.26. The molecule has 0 saturated heterocycles. The number of hydrogen-bond acceptors (Lipinski definition) is 2. The van der Waals surface area contributed by atoms with Crippen molar-refractivity contribution < 1.29 is 0 Å². The number of rotatable bonds is 2. The molecule has 0 aliphatic rings. The Balaban J connectivity index is 2.71. The van der Waals surface area contributed by atoms with Crippen molar-refractivity contribution >= 4 is 33.0 Å². The summed E-state index contributed by atoms with van der Waals surface area (Å²) in [7, 11) is 0. The van der Waals surface area contributed by atoms with Gasteiger partial charge in [0.05, 0.1) is 5.52 Å². The first kappa shape index (κ1) is 9.96. The number of halogens is 2. The second kappa shape index (κ2) is 3.88. The summed E-state index contributed by atoms with van der Waals surface area (Å²) in [6.07, 6.45) is 2.66. The van der Waals surface area contributed by atoms with Gasteiger partial charge in [-0.15, -0.1) is 0 Å². The molecule has 0 saturated carbocycles. The van der Waals surface area contributed by atoms with Gasteiger partial charge < -0.3 is 10.1 Å². The Morgan fingerprint density at radius 1 is 1.57 bits per heavy atom. The average molecular weight is 275 g/mol. The van der Waals surface area contributed by atoms with Crippen LogP contribution in [0.4, 0.5) is 0 Å². The quantitative estimate of drug-likeness (QED) is 0.913. The Morgan fingerprint density at radius 3 is 3.07 bits per heavy atom. The average Bonchev–Trinajstić information content (AvgIpc) is 2.46. The Morgan fingerprint density at radius 2 is 2.36 bits per heavy atom. The van der Waals surface area contributed by atoms with Crippen LogP contribution in [0.2, 0.25) is 5.15 Å². The highest BCUT2D eigenvalue weighted by atomic mass is 79.9. The summed E-state index contributed by atoms with van der Waals surface area (Å²) in [5, 5.41) is 0.515. The van der Waals surface area contributed by atoms with E-state index in [1.807, 2.05) is 22.7 Å². The summed E-state index contributed by atoms with van der Waals surface area (Å²) in [6, 6.07) is 3.88. The molecule has 0 radical (unpaired) electrons. The van der Waals surface area contributed by atoms with Crippen LogP contribution >= 0.6 is 27.5 Å². The first-order valence-electron chi connectivity index (χ1n) is 4.25. The molecule has 0 aliphatic carbocycles. The summed E-state index contributed by atoms with van der Waals surface area (Å²) >= 11 is 9.45. The number of nitrogens with two attached hydrogens (primary N) is 1. The van der Waals surface area contributed by atoms with Gasteiger partial charge >= 0.3 is 0 Å². The maximum Gasteiger partial charge on any atom is 0.156 e. The van der Waals surface area contributed by atoms with Crippen molar-refractivity contribution in [3.63, 3.8) is 0 Å². The lowest BCUT2D eigenvalue weighted by molar-refractivity contribution is 0.863. The molecule has 2 heterocycles. The lowest BCUT2D eigenvalue weighted by atomic mass is 10.4. The van der Waals surface area contributed by atoms with E-state index in [2.05, 4.69) is 20.9 Å². The van der Waals surface area contributed by atoms with E-state index in [1.165, 1.54) is 0 Å². The molecular weight excluding hydrogens is 265 g/mol. The molecular formula is C9H9BrClN3. The van der Waals surface area contributed by atoms with E-state index in [9.17, 15) is 0 Å². The number of nitrogens with zero attached hydrogens (tertiary/aromatic N) is 2. The SMILES string of the molecule is NCCc1nc(Cl)c2c(Br)cccn12. The Bertz CT molecular complexity index is 466. The van der Waals surface area contributed by atoms with E-state index in [-0.39, 0.29) is 0 Å². The first-order chi connectivity index (χ1) is 6.74. The second-order valence-electron chi connectivity index (χ2n) is 2.93. The van der Waals surface area contributed by atoms with Gasteiger partial charge in [-0.2, -0.15) is 0 Å². The van der Waals surface area contributed by atoms with E-state index in [1.54, 1.807) is 0 Å². The van der Waals surface area contributed by atoms with Gasteiger partial charge in [0, 0.05) is 17.1 Å². The van der Waals surface area contributed by atoms with Crippen molar-refractivity contribution in [2.24, 2.45) is 5.73 Å². The first-order valence-corrected chi connectivity index (χ1v) is 5.42. The third-order valence-electron chi connectivity index (χ3n) is 2.01. The molecule has 0 atom stereocenters. The van der Waals surface area contributed by atoms with Gasteiger partial charge in [0.2, 0.25) is 0 Å². The number of pyridine rings is 1. The molecule has 3 nitrogen and oxygen atoms in total. The second-order valence-corrected chi connectivity index (χ2v) is 4.14. The fraction of sp³-hybridized carbons (Fsp3) is 0.222. The predicted molar refractivity (Wildman–Crippen MR) is 60.7 cm³/mol. The van der Waals surface area contributed by atoms with Crippen LogP contribution in [0.15, 0.2) is 22.8 Å². The molecule has 0 amide bonds. The van der Waals surface area contributed by atoms with Crippen molar-refractivity contribution in [1.82, 2.24) is 9.38 Å². The molecule has 2 aromatic heterocycles. The molecule has 2 N–H and O–H groups in total. The molecule has 0 fully saturated rings. The molecule has 0 spiro atoms. The maximum absolute atomic E-state index is 6.02. The minimum atomic E-state index is 0.515. The molecule has 0 aromatic carbocycles. The van der Waals surface area contributed by atoms with Gasteiger partial charge in [-0.1, -0.05) is 11.6 Å². The highest BCUT2D eigenvalue weighted by Gasteiger charge is 2.10. The highest BCUT2D eigenvalue weighted by Crippen LogP contribution is 2.26. The fourth-order valence-electron chi connectivity index (χ4n) is 1.42. The van der Waals surface area contributed by atoms with Crippen molar-refractivity contribution in [2.75, 3.05) is 6.54 Å². The van der Waals surface area contributed by atoms with Crippen LogP contribution in [0.5, 0.6) is 0 Å². The van der Waals surface area contributed by atoms with E-state index in [4.69, 9.17) is 17.3 Å². The molecule has 2 aromatic rings. The van der Waals surface area contributed by atoms with Crippen LogP contribution in [-0.2, 0) is 6.42 Å². The van der Waals surface area contributed by atoms with Crippen molar-refractivity contribution in [1.29, 1.82) is 0 Å². The molecule has 74 valence electrons. The van der Waals surface area contributed by atoms with Crippen LogP contribution in [-0.4, -0.2) is 15.9 Å². The van der Waals surface area contributed by atoms with Gasteiger partial charge in [-0.05, 0) is 34.6 Å². The standard InChI is InChI=1S/C9H9BrClN3/c10-6-2-1-5-14-7(3-4-12)13-9(11)8(6)14/h1-2,5H,3-4,12H2. The predicted octanol–water partition coefficient (Wildman–Crippen LogP) is 2.25. The van der Waals surface area contributed by atoms with Crippen LogP contribution in [0.25, 0.3) is 5.52 Å². The monoisotopic (exact) mass is 273 g/mol. The zero-order valence-electron chi connectivity index (χ0n) is 7.37. The van der Waals surface area contributed by atoms with Crippen LogP contribution in [0.1, 0.15) is 5.82 Å². The van der Waals surface area contributed by atoms with Gasteiger partial charge in [-0.3, -0.25) is 0 Å². The summed E-state index contributed by atoms with van der Waals surface area (Å²) in [6.45, 7) is 0.571. The largest absolute Gasteiger partial charge is 0.330 e. The van der Waals surface area contributed by atoms with Gasteiger partial charge in [0.15, 0.2) is 5.15 Å². The third kappa shape index (κ3) is 1.54. The third-order valence-corrected chi connectivity index (χ3v) is 2.92. The van der Waals surface area contributed by atoms with Crippen molar-refractivity contribution in [3.05, 3.63) is 33.8 Å². The zero-order valence-corrected chi connectivity index (χ0v) is 9.72. The highest BCUT2D eigenvalue weighted by molar-refractivity contribution is 9.10. The van der Waals surface area contributed by atoms with Gasteiger partial charge in [0.1, 0.15) is 5.82 Å². The van der Waals surface area contributed by atoms with Gasteiger partial charge in [0.25, 0.3) is 0 Å². The summed E-state index contributed by atoms with van der Waals surface area (Å²) in [5.74, 6) is 0.897. The number of aromatic nitrogens is 2. The Hall–Kier alpha value is -0.580. The number of fused-ring (bicyclic) bond motifs is 1.